The molecular weight excluding hydrogens is 132 g/mol. The normalized spacial score (nSPS) is 21.3. The van der Waals surface area contributed by atoms with Crippen LogP contribution in [0.1, 0.15) is 13.3 Å². The molecule has 0 unspecified atom stereocenters. The Balaban J connectivity index is 2.06. The van der Waals surface area contributed by atoms with Gasteiger partial charge in [0.15, 0.2) is 0 Å². The molecule has 1 aliphatic heterocycles. The number of ether oxygens (including phenoxy) is 2. The van der Waals surface area contributed by atoms with Crippen molar-refractivity contribution in [3.63, 3.8) is 0 Å². The highest BCUT2D eigenvalue weighted by molar-refractivity contribution is 5.36. The van der Waals surface area contributed by atoms with Crippen LogP contribution in [-0.4, -0.2) is 26.3 Å². The van der Waals surface area contributed by atoms with Gasteiger partial charge in [-0.25, -0.2) is 0 Å². The summed E-state index contributed by atoms with van der Waals surface area (Å²) in [6.45, 7) is 4.74. The predicted molar refractivity (Wildman–Crippen MR) is 35.6 cm³/mol. The van der Waals surface area contributed by atoms with Gasteiger partial charge in [0.2, 0.25) is 0 Å². The topological polar surface area (TPSA) is 35.5 Å². The molecule has 0 amide bonds. The largest absolute Gasteiger partial charge is 0.468 e. The summed E-state index contributed by atoms with van der Waals surface area (Å²) in [5.41, 5.74) is 0.267. The molecule has 0 aliphatic carbocycles. The minimum atomic E-state index is 0.267. The van der Waals surface area contributed by atoms with Crippen LogP contribution in [0.15, 0.2) is 0 Å². The van der Waals surface area contributed by atoms with E-state index in [0.717, 1.165) is 19.6 Å². The third-order valence-corrected chi connectivity index (χ3v) is 1.79. The van der Waals surface area contributed by atoms with Gasteiger partial charge < -0.3 is 9.47 Å². The minimum Gasteiger partial charge on any atom is -0.468 e. The Morgan fingerprint density at radius 3 is 2.80 bits per heavy atom. The van der Waals surface area contributed by atoms with E-state index >= 15 is 0 Å². The Labute approximate surface area is 60.3 Å². The van der Waals surface area contributed by atoms with Gasteiger partial charge in [-0.2, -0.15) is 0 Å². The van der Waals surface area contributed by atoms with Crippen LogP contribution in [-0.2, 0) is 14.3 Å². The predicted octanol–water partition coefficient (Wildman–Crippen LogP) is 0.586. The van der Waals surface area contributed by atoms with E-state index < -0.39 is 0 Å². The van der Waals surface area contributed by atoms with Crippen molar-refractivity contribution in [1.82, 2.24) is 0 Å². The van der Waals surface area contributed by atoms with Crippen molar-refractivity contribution in [3.05, 3.63) is 0 Å². The second-order valence-corrected chi connectivity index (χ2v) is 3.02. The summed E-state index contributed by atoms with van der Waals surface area (Å²) in [5, 5.41) is 0. The molecule has 10 heavy (non-hydrogen) atoms. The van der Waals surface area contributed by atoms with E-state index in [0.29, 0.717) is 13.1 Å². The van der Waals surface area contributed by atoms with Crippen molar-refractivity contribution in [2.24, 2.45) is 5.41 Å². The summed E-state index contributed by atoms with van der Waals surface area (Å²) >= 11 is 0. The van der Waals surface area contributed by atoms with Crippen molar-refractivity contribution in [2.75, 3.05) is 19.8 Å². The maximum atomic E-state index is 9.74. The van der Waals surface area contributed by atoms with Gasteiger partial charge in [0.25, 0.3) is 6.47 Å². The highest BCUT2D eigenvalue weighted by Gasteiger charge is 2.32. The van der Waals surface area contributed by atoms with E-state index in [1.165, 1.54) is 0 Å². The molecule has 0 aromatic heterocycles. The molecule has 1 heterocycles. The fourth-order valence-electron chi connectivity index (χ4n) is 0.948. The lowest BCUT2D eigenvalue weighted by Gasteiger charge is -2.37. The fraction of sp³-hybridized carbons (Fsp3) is 0.857. The average Bonchev–Trinajstić information content (AvgIpc) is 1.85. The van der Waals surface area contributed by atoms with Crippen molar-refractivity contribution in [1.29, 1.82) is 0 Å². The van der Waals surface area contributed by atoms with Gasteiger partial charge >= 0.3 is 0 Å². The third-order valence-electron chi connectivity index (χ3n) is 1.79. The molecule has 0 radical (unpaired) electrons. The third kappa shape index (κ3) is 1.70. The maximum absolute atomic E-state index is 9.74. The van der Waals surface area contributed by atoms with Crippen LogP contribution in [0, 0.1) is 5.41 Å². The van der Waals surface area contributed by atoms with Crippen LogP contribution >= 0.6 is 0 Å². The molecule has 0 saturated carbocycles. The average molecular weight is 144 g/mol. The molecule has 0 spiro atoms. The van der Waals surface area contributed by atoms with Crippen LogP contribution in [0.25, 0.3) is 0 Å². The molecule has 1 rings (SSSR count). The van der Waals surface area contributed by atoms with Crippen molar-refractivity contribution < 1.29 is 14.3 Å². The van der Waals surface area contributed by atoms with E-state index in [9.17, 15) is 4.79 Å². The highest BCUT2D eigenvalue weighted by atomic mass is 16.5. The molecule has 3 heteroatoms. The van der Waals surface area contributed by atoms with Crippen molar-refractivity contribution >= 4 is 6.47 Å². The number of hydrogen-bond donors (Lipinski definition) is 0. The first-order valence-electron chi connectivity index (χ1n) is 3.40. The van der Waals surface area contributed by atoms with E-state index in [2.05, 4.69) is 11.7 Å². The van der Waals surface area contributed by atoms with Crippen LogP contribution in [0.2, 0.25) is 0 Å². The molecule has 3 nitrogen and oxygen atoms in total. The van der Waals surface area contributed by atoms with Gasteiger partial charge in [0.05, 0.1) is 19.8 Å². The monoisotopic (exact) mass is 144 g/mol. The van der Waals surface area contributed by atoms with Crippen molar-refractivity contribution in [3.8, 4) is 0 Å². The van der Waals surface area contributed by atoms with Crippen LogP contribution in [0.5, 0.6) is 0 Å². The zero-order valence-electron chi connectivity index (χ0n) is 6.13. The van der Waals surface area contributed by atoms with Crippen LogP contribution in [0.3, 0.4) is 0 Å². The molecule has 1 aliphatic rings. The molecule has 0 aromatic rings. The Hall–Kier alpha value is -0.570. The quantitative estimate of drug-likeness (QED) is 0.428. The summed E-state index contributed by atoms with van der Waals surface area (Å²) < 4.78 is 9.59. The van der Waals surface area contributed by atoms with Gasteiger partial charge in [0.1, 0.15) is 0 Å². The van der Waals surface area contributed by atoms with Gasteiger partial charge in [-0.15, -0.1) is 0 Å². The molecular formula is C7H12O3. The van der Waals surface area contributed by atoms with E-state index in [4.69, 9.17) is 4.74 Å². The van der Waals surface area contributed by atoms with Gasteiger partial charge in [0, 0.05) is 5.41 Å². The van der Waals surface area contributed by atoms with Gasteiger partial charge in [-0.3, -0.25) is 4.79 Å². The molecule has 0 bridgehead atoms. The molecule has 0 aromatic carbocycles. The van der Waals surface area contributed by atoms with E-state index in [1.54, 1.807) is 0 Å². The Morgan fingerprint density at radius 1 is 1.70 bits per heavy atom. The Kier molecular flexibility index (Phi) is 2.27. The summed E-state index contributed by atoms with van der Waals surface area (Å²) in [4.78, 5) is 9.74. The molecule has 0 atom stereocenters. The first kappa shape index (κ1) is 7.54. The lowest BCUT2D eigenvalue weighted by Crippen LogP contribution is -2.40. The van der Waals surface area contributed by atoms with Crippen molar-refractivity contribution in [2.45, 2.75) is 13.3 Å². The molecule has 58 valence electrons. The summed E-state index contributed by atoms with van der Waals surface area (Å²) in [6, 6.07) is 0. The number of hydrogen-bond acceptors (Lipinski definition) is 3. The van der Waals surface area contributed by atoms with E-state index in [-0.39, 0.29) is 5.41 Å². The lowest BCUT2D eigenvalue weighted by molar-refractivity contribution is -0.136. The smallest absolute Gasteiger partial charge is 0.293 e. The first-order chi connectivity index (χ1) is 4.77. The Morgan fingerprint density at radius 2 is 2.40 bits per heavy atom. The lowest BCUT2D eigenvalue weighted by atomic mass is 9.85. The zero-order chi connectivity index (χ0) is 7.45. The number of rotatable bonds is 4. The fourth-order valence-corrected chi connectivity index (χ4v) is 0.948. The van der Waals surface area contributed by atoms with Gasteiger partial charge in [-0.1, -0.05) is 6.92 Å². The standard InChI is InChI=1S/C7H12O3/c1-7(4-10-5-7)2-3-9-6-8/h6H,2-5H2,1H3. The second-order valence-electron chi connectivity index (χ2n) is 3.02. The molecule has 1 fully saturated rings. The summed E-state index contributed by atoms with van der Waals surface area (Å²) in [5.74, 6) is 0. The SMILES string of the molecule is CC1(CCOC=O)COC1. The zero-order valence-corrected chi connectivity index (χ0v) is 6.13. The Bertz CT molecular complexity index is 118. The van der Waals surface area contributed by atoms with Crippen LogP contribution in [0.4, 0.5) is 0 Å². The maximum Gasteiger partial charge on any atom is 0.293 e. The minimum absolute atomic E-state index is 0.267. The summed E-state index contributed by atoms with van der Waals surface area (Å²) in [7, 11) is 0. The van der Waals surface area contributed by atoms with Crippen LogP contribution < -0.4 is 0 Å². The van der Waals surface area contributed by atoms with E-state index in [1.807, 2.05) is 0 Å². The number of carbonyl (C=O) groups is 1. The second kappa shape index (κ2) is 3.01. The first-order valence-corrected chi connectivity index (χ1v) is 3.40. The highest BCUT2D eigenvalue weighted by Crippen LogP contribution is 2.29. The molecule has 0 N–H and O–H groups in total. The van der Waals surface area contributed by atoms with Gasteiger partial charge in [-0.05, 0) is 6.42 Å². The summed E-state index contributed by atoms with van der Waals surface area (Å²) in [6.07, 6.45) is 0.908. The number of carbonyl (C=O) groups excluding carboxylic acids is 1. The molecule has 1 saturated heterocycles.